The van der Waals surface area contributed by atoms with Crippen molar-refractivity contribution in [3.05, 3.63) is 66.2 Å². The van der Waals surface area contributed by atoms with Crippen molar-refractivity contribution in [1.82, 2.24) is 4.98 Å². The van der Waals surface area contributed by atoms with E-state index < -0.39 is 27.9 Å². The maximum absolute atomic E-state index is 12.9. The number of carbonyl (C=O) groups is 2. The molecule has 2 aromatic carbocycles. The second-order valence-electron chi connectivity index (χ2n) is 6.76. The maximum atomic E-state index is 12.9. The molecule has 4 rings (SSSR count). The summed E-state index contributed by atoms with van der Waals surface area (Å²) in [5.74, 6) is -1.31. The summed E-state index contributed by atoms with van der Waals surface area (Å²) in [5, 5.41) is 14.9. The smallest absolute Gasteiger partial charge is 0.357 e. The Balaban J connectivity index is 1.52. The van der Waals surface area contributed by atoms with Crippen LogP contribution in [0.4, 0.5) is 17.1 Å². The van der Waals surface area contributed by atoms with Crippen LogP contribution in [-0.2, 0) is 24.3 Å². The zero-order valence-corrected chi connectivity index (χ0v) is 19.4. The average molecular weight is 499 g/mol. The van der Waals surface area contributed by atoms with Crippen molar-refractivity contribution in [1.29, 1.82) is 0 Å². The molecule has 1 unspecified atom stereocenters. The van der Waals surface area contributed by atoms with E-state index in [1.54, 1.807) is 42.6 Å². The first-order valence-electron chi connectivity index (χ1n) is 9.97. The predicted octanol–water partition coefficient (Wildman–Crippen LogP) is 3.36. The van der Waals surface area contributed by atoms with E-state index in [0.29, 0.717) is 17.1 Å². The molecular weight excluding hydrogens is 480 g/mol. The summed E-state index contributed by atoms with van der Waals surface area (Å²) >= 11 is 0.999. The van der Waals surface area contributed by atoms with Gasteiger partial charge in [0, 0.05) is 17.3 Å². The number of para-hydroxylation sites is 1. The number of aromatic nitrogens is 1. The van der Waals surface area contributed by atoms with E-state index in [1.807, 2.05) is 0 Å². The summed E-state index contributed by atoms with van der Waals surface area (Å²) < 4.78 is 31.9. The van der Waals surface area contributed by atoms with Gasteiger partial charge in [0.05, 0.1) is 18.0 Å². The SMILES string of the molecule is CCOC(=O)C1=NN(c2ccccc2)C(=O)C1N=Nc1ccc(NS(=O)(=O)c2nccs2)cc1. The molecule has 1 aliphatic rings. The molecule has 13 heteroatoms. The van der Waals surface area contributed by atoms with Crippen LogP contribution in [0.5, 0.6) is 0 Å². The molecule has 1 atom stereocenters. The van der Waals surface area contributed by atoms with Gasteiger partial charge >= 0.3 is 5.97 Å². The van der Waals surface area contributed by atoms with Gasteiger partial charge in [0.25, 0.3) is 15.9 Å². The van der Waals surface area contributed by atoms with Gasteiger partial charge in [-0.05, 0) is 43.3 Å². The number of amides is 1. The molecule has 3 aromatic rings. The number of hydrogen-bond acceptors (Lipinski definition) is 10. The summed E-state index contributed by atoms with van der Waals surface area (Å²) in [6, 6.07) is 13.4. The van der Waals surface area contributed by atoms with Crippen molar-refractivity contribution in [2.45, 2.75) is 17.3 Å². The number of carbonyl (C=O) groups excluding carboxylic acids is 2. The zero-order chi connectivity index (χ0) is 24.1. The first-order valence-corrected chi connectivity index (χ1v) is 12.3. The molecular formula is C21H18N6O5S2. The van der Waals surface area contributed by atoms with E-state index in [2.05, 4.69) is 25.0 Å². The quantitative estimate of drug-likeness (QED) is 0.373. The lowest BCUT2D eigenvalue weighted by Crippen LogP contribution is -2.33. The third-order valence-corrected chi connectivity index (χ3v) is 7.02. The molecule has 0 aliphatic carbocycles. The molecule has 0 spiro atoms. The summed E-state index contributed by atoms with van der Waals surface area (Å²) in [7, 11) is -3.78. The molecule has 11 nitrogen and oxygen atoms in total. The van der Waals surface area contributed by atoms with E-state index >= 15 is 0 Å². The highest BCUT2D eigenvalue weighted by molar-refractivity contribution is 7.94. The number of benzene rings is 2. The van der Waals surface area contributed by atoms with Crippen molar-refractivity contribution in [2.75, 3.05) is 16.3 Å². The van der Waals surface area contributed by atoms with Crippen LogP contribution >= 0.6 is 11.3 Å². The Morgan fingerprint density at radius 3 is 2.56 bits per heavy atom. The van der Waals surface area contributed by atoms with E-state index in [-0.39, 0.29) is 16.7 Å². The lowest BCUT2D eigenvalue weighted by Gasteiger charge is -2.11. The first-order chi connectivity index (χ1) is 16.4. The maximum Gasteiger partial charge on any atom is 0.357 e. The monoisotopic (exact) mass is 498 g/mol. The third kappa shape index (κ3) is 5.00. The number of anilines is 2. The highest BCUT2D eigenvalue weighted by Gasteiger charge is 2.41. The van der Waals surface area contributed by atoms with Gasteiger partial charge in [0.15, 0.2) is 5.71 Å². The highest BCUT2D eigenvalue weighted by atomic mass is 32.2. The molecule has 1 aromatic heterocycles. The topological polar surface area (TPSA) is 143 Å². The average Bonchev–Trinajstić information content (AvgIpc) is 3.48. The lowest BCUT2D eigenvalue weighted by atomic mass is 10.2. The molecule has 0 fully saturated rings. The van der Waals surface area contributed by atoms with Crippen LogP contribution in [0.1, 0.15) is 6.92 Å². The fourth-order valence-corrected chi connectivity index (χ4v) is 4.81. The van der Waals surface area contributed by atoms with Gasteiger partial charge < -0.3 is 4.74 Å². The Kier molecular flexibility index (Phi) is 6.75. The first kappa shape index (κ1) is 23.2. The molecule has 1 aliphatic heterocycles. The van der Waals surface area contributed by atoms with Crippen LogP contribution in [0.3, 0.4) is 0 Å². The van der Waals surface area contributed by atoms with Crippen molar-refractivity contribution >= 4 is 56.0 Å². The summed E-state index contributed by atoms with van der Waals surface area (Å²) in [5.41, 5.74) is 0.942. The number of sulfonamides is 1. The van der Waals surface area contributed by atoms with Crippen LogP contribution in [0.2, 0.25) is 0 Å². The molecule has 0 bridgehead atoms. The van der Waals surface area contributed by atoms with Crippen LogP contribution in [0, 0.1) is 0 Å². The molecule has 0 saturated carbocycles. The molecule has 0 saturated heterocycles. The lowest BCUT2D eigenvalue weighted by molar-refractivity contribution is -0.135. The minimum atomic E-state index is -3.78. The van der Waals surface area contributed by atoms with E-state index in [9.17, 15) is 18.0 Å². The minimum absolute atomic E-state index is 0.0511. The molecule has 34 heavy (non-hydrogen) atoms. The van der Waals surface area contributed by atoms with E-state index in [1.165, 1.54) is 30.5 Å². The van der Waals surface area contributed by atoms with Gasteiger partial charge in [-0.3, -0.25) is 9.52 Å². The van der Waals surface area contributed by atoms with Crippen molar-refractivity contribution in [3.8, 4) is 0 Å². The number of esters is 1. The van der Waals surface area contributed by atoms with E-state index in [4.69, 9.17) is 4.74 Å². The van der Waals surface area contributed by atoms with Gasteiger partial charge in [-0.25, -0.2) is 9.78 Å². The Morgan fingerprint density at radius 2 is 1.91 bits per heavy atom. The Labute approximate surface area is 198 Å². The normalized spacial score (nSPS) is 16.0. The number of nitrogens with one attached hydrogen (secondary N) is 1. The van der Waals surface area contributed by atoms with Gasteiger partial charge in [-0.15, -0.1) is 11.3 Å². The molecule has 1 N–H and O–H groups in total. The number of nitrogens with zero attached hydrogens (tertiary/aromatic N) is 5. The van der Waals surface area contributed by atoms with Crippen molar-refractivity contribution in [2.24, 2.45) is 15.3 Å². The zero-order valence-electron chi connectivity index (χ0n) is 17.7. The highest BCUT2D eigenvalue weighted by Crippen LogP contribution is 2.25. The molecule has 1 amide bonds. The Morgan fingerprint density at radius 1 is 1.18 bits per heavy atom. The van der Waals surface area contributed by atoms with Crippen molar-refractivity contribution in [3.63, 3.8) is 0 Å². The number of hydrogen-bond donors (Lipinski definition) is 1. The van der Waals surface area contributed by atoms with Crippen molar-refractivity contribution < 1.29 is 22.7 Å². The standard InChI is InChI=1S/C21H18N6O5S2/c1-2-32-20(29)18-17(19(28)27(25-18)16-6-4-3-5-7-16)24-23-14-8-10-15(11-9-14)26-34(30,31)21-22-12-13-33-21/h3-13,17,26H,2H2,1H3. The summed E-state index contributed by atoms with van der Waals surface area (Å²) in [6.45, 7) is 1.75. The van der Waals surface area contributed by atoms with Crippen LogP contribution in [-0.4, -0.2) is 43.6 Å². The van der Waals surface area contributed by atoms with Gasteiger partial charge in [0.1, 0.15) is 0 Å². The van der Waals surface area contributed by atoms with Gasteiger partial charge in [0.2, 0.25) is 10.4 Å². The van der Waals surface area contributed by atoms with Gasteiger partial charge in [-0.1, -0.05) is 18.2 Å². The fourth-order valence-electron chi connectivity index (χ4n) is 2.92. The second-order valence-corrected chi connectivity index (χ2v) is 9.51. The molecule has 0 radical (unpaired) electrons. The number of azo groups is 1. The van der Waals surface area contributed by atoms with Crippen LogP contribution in [0.15, 0.2) is 85.8 Å². The molecule has 2 heterocycles. The number of hydrazone groups is 1. The van der Waals surface area contributed by atoms with E-state index in [0.717, 1.165) is 16.3 Å². The minimum Gasteiger partial charge on any atom is -0.461 e. The predicted molar refractivity (Wildman–Crippen MR) is 126 cm³/mol. The molecule has 174 valence electrons. The Hall–Kier alpha value is -3.97. The van der Waals surface area contributed by atoms with Crippen LogP contribution < -0.4 is 9.73 Å². The summed E-state index contributed by atoms with van der Waals surface area (Å²) in [6.07, 6.45) is 1.40. The largest absolute Gasteiger partial charge is 0.461 e. The number of rotatable bonds is 8. The van der Waals surface area contributed by atoms with Crippen LogP contribution in [0.25, 0.3) is 0 Å². The fraction of sp³-hybridized carbons (Fsp3) is 0.143. The Bertz CT molecular complexity index is 1340. The van der Waals surface area contributed by atoms with Gasteiger partial charge in [-0.2, -0.15) is 28.8 Å². The number of thiazole rings is 1. The second kappa shape index (κ2) is 9.89. The number of ether oxygens (including phenoxy) is 1. The third-order valence-electron chi connectivity index (χ3n) is 4.44. The summed E-state index contributed by atoms with van der Waals surface area (Å²) in [4.78, 5) is 29.1.